The van der Waals surface area contributed by atoms with Crippen LogP contribution in [0, 0.1) is 0 Å². The number of nitrogens with zero attached hydrogens (tertiary/aromatic N) is 3. The number of thioether (sulfide) groups is 1. The van der Waals surface area contributed by atoms with E-state index in [1.54, 1.807) is 0 Å². The summed E-state index contributed by atoms with van der Waals surface area (Å²) in [6, 6.07) is 7.84. The second-order valence-electron chi connectivity index (χ2n) is 6.78. The SMILES string of the molecule is CCc1ccc(NC(=O)[C@H](C)Sc2nnc(C3CC3)n2CCC(N)=O)cc1. The summed E-state index contributed by atoms with van der Waals surface area (Å²) >= 11 is 1.35. The molecular weight excluding hydrogens is 362 g/mol. The average Bonchev–Trinajstić information content (AvgIpc) is 3.42. The van der Waals surface area contributed by atoms with Crippen molar-refractivity contribution in [2.24, 2.45) is 5.73 Å². The van der Waals surface area contributed by atoms with Gasteiger partial charge in [-0.3, -0.25) is 9.59 Å². The predicted molar refractivity (Wildman–Crippen MR) is 106 cm³/mol. The van der Waals surface area contributed by atoms with Crippen LogP contribution in [0.4, 0.5) is 5.69 Å². The molecule has 0 aliphatic heterocycles. The van der Waals surface area contributed by atoms with Crippen LogP contribution in [-0.2, 0) is 22.6 Å². The molecule has 1 aliphatic rings. The lowest BCUT2D eigenvalue weighted by atomic mass is 10.1. The molecule has 0 bridgehead atoms. The third kappa shape index (κ3) is 5.09. The Morgan fingerprint density at radius 1 is 1.30 bits per heavy atom. The van der Waals surface area contributed by atoms with Gasteiger partial charge in [-0.2, -0.15) is 0 Å². The molecule has 7 nitrogen and oxygen atoms in total. The summed E-state index contributed by atoms with van der Waals surface area (Å²) in [6.45, 7) is 4.38. The number of hydrogen-bond donors (Lipinski definition) is 2. The molecular formula is C19H25N5O2S. The lowest BCUT2D eigenvalue weighted by Gasteiger charge is -2.13. The number of hydrogen-bond acceptors (Lipinski definition) is 5. The van der Waals surface area contributed by atoms with E-state index in [1.165, 1.54) is 17.3 Å². The fraction of sp³-hybridized carbons (Fsp3) is 0.474. The van der Waals surface area contributed by atoms with Crippen LogP contribution in [0.15, 0.2) is 29.4 Å². The highest BCUT2D eigenvalue weighted by Gasteiger charge is 2.31. The number of nitrogens with one attached hydrogen (secondary N) is 1. The minimum atomic E-state index is -0.359. The van der Waals surface area contributed by atoms with Crippen molar-refractivity contribution < 1.29 is 9.59 Å². The van der Waals surface area contributed by atoms with Crippen molar-refractivity contribution in [1.29, 1.82) is 0 Å². The van der Waals surface area contributed by atoms with Gasteiger partial charge in [-0.25, -0.2) is 0 Å². The molecule has 0 unspecified atom stereocenters. The molecule has 0 radical (unpaired) electrons. The van der Waals surface area contributed by atoms with Gasteiger partial charge in [0.1, 0.15) is 5.82 Å². The van der Waals surface area contributed by atoms with E-state index in [-0.39, 0.29) is 23.5 Å². The lowest BCUT2D eigenvalue weighted by molar-refractivity contribution is -0.118. The van der Waals surface area contributed by atoms with E-state index in [0.717, 1.165) is 30.8 Å². The fourth-order valence-electron chi connectivity index (χ4n) is 2.74. The number of nitrogens with two attached hydrogens (primary N) is 1. The average molecular weight is 388 g/mol. The van der Waals surface area contributed by atoms with Crippen molar-refractivity contribution in [3.05, 3.63) is 35.7 Å². The number of anilines is 1. The Morgan fingerprint density at radius 2 is 2.00 bits per heavy atom. The number of aryl methyl sites for hydroxylation is 1. The minimum absolute atomic E-state index is 0.0957. The number of amides is 2. The Morgan fingerprint density at radius 3 is 2.59 bits per heavy atom. The van der Waals surface area contributed by atoms with Gasteiger partial charge in [0.2, 0.25) is 11.8 Å². The first kappa shape index (κ1) is 19.4. The first-order valence-corrected chi connectivity index (χ1v) is 10.1. The van der Waals surface area contributed by atoms with Crippen LogP contribution >= 0.6 is 11.8 Å². The van der Waals surface area contributed by atoms with Gasteiger partial charge < -0.3 is 15.6 Å². The molecule has 0 spiro atoms. The summed E-state index contributed by atoms with van der Waals surface area (Å²) in [6.07, 6.45) is 3.37. The highest BCUT2D eigenvalue weighted by molar-refractivity contribution is 8.00. The van der Waals surface area contributed by atoms with E-state index in [4.69, 9.17) is 5.73 Å². The van der Waals surface area contributed by atoms with E-state index in [9.17, 15) is 9.59 Å². The third-order valence-corrected chi connectivity index (χ3v) is 5.63. The van der Waals surface area contributed by atoms with Gasteiger partial charge >= 0.3 is 0 Å². The number of benzene rings is 1. The van der Waals surface area contributed by atoms with Crippen LogP contribution in [0.2, 0.25) is 0 Å². The predicted octanol–water partition coefficient (Wildman–Crippen LogP) is 2.71. The highest BCUT2D eigenvalue weighted by Crippen LogP contribution is 2.40. The molecule has 1 atom stereocenters. The van der Waals surface area contributed by atoms with Crippen LogP contribution in [0.5, 0.6) is 0 Å². The van der Waals surface area contributed by atoms with Gasteiger partial charge in [0.25, 0.3) is 0 Å². The zero-order valence-electron chi connectivity index (χ0n) is 15.6. The van der Waals surface area contributed by atoms with E-state index in [0.29, 0.717) is 17.6 Å². The first-order valence-electron chi connectivity index (χ1n) is 9.25. The molecule has 1 fully saturated rings. The third-order valence-electron chi connectivity index (χ3n) is 4.55. The number of primary amides is 1. The maximum atomic E-state index is 12.5. The van der Waals surface area contributed by atoms with Crippen LogP contribution in [0.3, 0.4) is 0 Å². The van der Waals surface area contributed by atoms with Crippen molar-refractivity contribution in [3.63, 3.8) is 0 Å². The zero-order chi connectivity index (χ0) is 19.4. The standard InChI is InChI=1S/C19H25N5O2S/c1-3-13-4-8-15(9-5-13)21-18(26)12(2)27-19-23-22-17(14-6-7-14)24(19)11-10-16(20)25/h4-5,8-9,12,14H,3,6-7,10-11H2,1-2H3,(H2,20,25)(H,21,26)/t12-/m0/s1. The molecule has 27 heavy (non-hydrogen) atoms. The molecule has 1 saturated carbocycles. The topological polar surface area (TPSA) is 103 Å². The monoisotopic (exact) mass is 387 g/mol. The molecule has 3 rings (SSSR count). The van der Waals surface area contributed by atoms with E-state index >= 15 is 0 Å². The summed E-state index contributed by atoms with van der Waals surface area (Å²) in [5.74, 6) is 0.840. The van der Waals surface area contributed by atoms with Crippen molar-refractivity contribution >= 4 is 29.3 Å². The second-order valence-corrected chi connectivity index (χ2v) is 8.09. The Hall–Kier alpha value is -2.35. The van der Waals surface area contributed by atoms with Crippen LogP contribution < -0.4 is 11.1 Å². The van der Waals surface area contributed by atoms with Gasteiger partial charge in [0.15, 0.2) is 5.16 Å². The molecule has 0 saturated heterocycles. The van der Waals surface area contributed by atoms with Gasteiger partial charge in [0.05, 0.1) is 5.25 Å². The van der Waals surface area contributed by atoms with Crippen LogP contribution in [0.1, 0.15) is 50.4 Å². The quantitative estimate of drug-likeness (QED) is 0.644. The van der Waals surface area contributed by atoms with Crippen LogP contribution in [0.25, 0.3) is 0 Å². The lowest BCUT2D eigenvalue weighted by Crippen LogP contribution is -2.23. The van der Waals surface area contributed by atoms with Crippen molar-refractivity contribution in [2.45, 2.75) is 62.4 Å². The second kappa shape index (κ2) is 8.56. The summed E-state index contributed by atoms with van der Waals surface area (Å²) in [5.41, 5.74) is 7.30. The number of carbonyl (C=O) groups is 2. The molecule has 1 heterocycles. The summed E-state index contributed by atoms with van der Waals surface area (Å²) in [5, 5.41) is 11.8. The Kier molecular flexibility index (Phi) is 6.15. The van der Waals surface area contributed by atoms with Gasteiger partial charge in [-0.1, -0.05) is 30.8 Å². The molecule has 3 N–H and O–H groups in total. The fourth-order valence-corrected chi connectivity index (χ4v) is 3.62. The van der Waals surface area contributed by atoms with Gasteiger partial charge in [0, 0.05) is 24.6 Å². The smallest absolute Gasteiger partial charge is 0.237 e. The summed E-state index contributed by atoms with van der Waals surface area (Å²) in [7, 11) is 0. The van der Waals surface area contributed by atoms with Crippen molar-refractivity contribution in [3.8, 4) is 0 Å². The van der Waals surface area contributed by atoms with E-state index in [2.05, 4.69) is 22.4 Å². The molecule has 1 aromatic heterocycles. The minimum Gasteiger partial charge on any atom is -0.370 e. The molecule has 2 amide bonds. The summed E-state index contributed by atoms with van der Waals surface area (Å²) < 4.78 is 1.94. The number of rotatable bonds is 9. The van der Waals surface area contributed by atoms with E-state index < -0.39 is 0 Å². The van der Waals surface area contributed by atoms with Gasteiger partial charge in [-0.15, -0.1) is 10.2 Å². The molecule has 1 aliphatic carbocycles. The molecule has 144 valence electrons. The molecule has 1 aromatic carbocycles. The first-order chi connectivity index (χ1) is 13.0. The maximum absolute atomic E-state index is 12.5. The maximum Gasteiger partial charge on any atom is 0.237 e. The van der Waals surface area contributed by atoms with Crippen LogP contribution in [-0.4, -0.2) is 31.8 Å². The van der Waals surface area contributed by atoms with Crippen molar-refractivity contribution in [2.75, 3.05) is 5.32 Å². The summed E-state index contributed by atoms with van der Waals surface area (Å²) in [4.78, 5) is 23.7. The molecule has 8 heteroatoms. The largest absolute Gasteiger partial charge is 0.370 e. The molecule has 2 aromatic rings. The normalized spacial score (nSPS) is 14.7. The van der Waals surface area contributed by atoms with Gasteiger partial charge in [-0.05, 0) is 43.9 Å². The van der Waals surface area contributed by atoms with Crippen molar-refractivity contribution in [1.82, 2.24) is 14.8 Å². The van der Waals surface area contributed by atoms with E-state index in [1.807, 2.05) is 35.8 Å². The number of aromatic nitrogens is 3. The highest BCUT2D eigenvalue weighted by atomic mass is 32.2. The Balaban J connectivity index is 1.66. The Labute approximate surface area is 163 Å². The number of carbonyl (C=O) groups excluding carboxylic acids is 2. The Bertz CT molecular complexity index is 814. The zero-order valence-corrected chi connectivity index (χ0v) is 16.5.